The van der Waals surface area contributed by atoms with Crippen LogP contribution < -0.4 is 0 Å². The van der Waals surface area contributed by atoms with E-state index in [1.165, 1.54) is 238 Å². The maximum Gasteiger partial charge on any atom is 0.472 e. The standard InChI is InChI=1S/C85H166O17P2/c1-9-78(8)64-56-48-43-44-50-58-66-83(88)96-72-81(102-85(90)68-60-52-42-36-30-22-18-14-16-20-26-32-38-46-54-62-76(4)5)74-100-104(93,94)98-70-79(86)69-97-103(91,92)99-73-80(71-95-82(87)65-57-49-40-34-28-24-23-27-33-39-47-55-63-77(6)7)101-84(89)67-59-51-41-35-29-21-17-13-11-10-12-15-19-25-31-37-45-53-61-75(2)3/h75-81,86H,9-74H2,1-8H3,(H,91,92)(H,93,94)/t78?,79-,80-,81-/m1/s1. The summed E-state index contributed by atoms with van der Waals surface area (Å²) >= 11 is 0. The van der Waals surface area contributed by atoms with E-state index >= 15 is 0 Å². The van der Waals surface area contributed by atoms with Crippen molar-refractivity contribution in [2.45, 2.75) is 459 Å². The number of aliphatic hydroxyl groups excluding tert-OH is 1. The molecule has 0 spiro atoms. The Labute approximate surface area is 638 Å². The molecule has 0 aliphatic rings. The number of hydrogen-bond acceptors (Lipinski definition) is 15. The van der Waals surface area contributed by atoms with Gasteiger partial charge in [0.1, 0.15) is 19.3 Å². The summed E-state index contributed by atoms with van der Waals surface area (Å²) in [7, 11) is -9.93. The van der Waals surface area contributed by atoms with Gasteiger partial charge in [-0.3, -0.25) is 37.3 Å². The van der Waals surface area contributed by atoms with E-state index in [1.54, 1.807) is 0 Å². The van der Waals surface area contributed by atoms with Crippen molar-refractivity contribution in [3.8, 4) is 0 Å². The first-order valence-electron chi connectivity index (χ1n) is 43.7. The number of ether oxygens (including phenoxy) is 4. The van der Waals surface area contributed by atoms with Crippen LogP contribution in [0.25, 0.3) is 0 Å². The Morgan fingerprint density at radius 2 is 0.462 bits per heavy atom. The Morgan fingerprint density at radius 1 is 0.269 bits per heavy atom. The van der Waals surface area contributed by atoms with Gasteiger partial charge in [0.25, 0.3) is 0 Å². The SMILES string of the molecule is CCC(C)CCCCCCCCC(=O)OC[C@H](COP(=O)(O)OC[C@H](O)COP(=O)(O)OC[C@@H](COC(=O)CCCCCCCCCCCCCCC(C)C)OC(=O)CCCCCCCCCCCCCCCCCCCCC(C)C)OC(=O)CCCCCCCCCCCCCCCCCC(C)C. The van der Waals surface area contributed by atoms with Crippen LogP contribution in [0, 0.1) is 23.7 Å². The molecule has 0 radical (unpaired) electrons. The maximum absolute atomic E-state index is 13.1. The topological polar surface area (TPSA) is 237 Å². The van der Waals surface area contributed by atoms with Crippen molar-refractivity contribution < 1.29 is 80.2 Å². The van der Waals surface area contributed by atoms with E-state index in [1.807, 2.05) is 0 Å². The number of esters is 4. The zero-order chi connectivity index (χ0) is 76.7. The van der Waals surface area contributed by atoms with Gasteiger partial charge in [0.2, 0.25) is 0 Å². The number of hydrogen-bond donors (Lipinski definition) is 3. The summed E-state index contributed by atoms with van der Waals surface area (Å²) in [6.07, 6.45) is 62.5. The van der Waals surface area contributed by atoms with Crippen LogP contribution in [0.4, 0.5) is 0 Å². The molecule has 0 bridgehead atoms. The number of rotatable bonds is 82. The van der Waals surface area contributed by atoms with Crippen molar-refractivity contribution in [3.05, 3.63) is 0 Å². The third-order valence-corrected chi connectivity index (χ3v) is 22.1. The van der Waals surface area contributed by atoms with Crippen molar-refractivity contribution in [3.63, 3.8) is 0 Å². The van der Waals surface area contributed by atoms with Crippen molar-refractivity contribution >= 4 is 39.5 Å². The van der Waals surface area contributed by atoms with Crippen LogP contribution in [-0.2, 0) is 65.4 Å². The smallest absolute Gasteiger partial charge is 0.462 e. The Kier molecular flexibility index (Phi) is 72.5. The average Bonchev–Trinajstić information content (AvgIpc) is 0.907. The van der Waals surface area contributed by atoms with Gasteiger partial charge in [-0.05, 0) is 49.4 Å². The molecule has 0 amide bonds. The molecule has 3 N–H and O–H groups in total. The monoisotopic (exact) mass is 1520 g/mol. The molecule has 0 saturated heterocycles. The summed E-state index contributed by atoms with van der Waals surface area (Å²) < 4.78 is 68.8. The second-order valence-electron chi connectivity index (χ2n) is 32.2. The van der Waals surface area contributed by atoms with E-state index in [0.29, 0.717) is 25.7 Å². The third kappa shape index (κ3) is 76.8. The van der Waals surface area contributed by atoms with Crippen LogP contribution in [0.2, 0.25) is 0 Å². The lowest BCUT2D eigenvalue weighted by Gasteiger charge is -2.21. The number of phosphoric acid groups is 2. The molecule has 0 fully saturated rings. The third-order valence-electron chi connectivity index (χ3n) is 20.2. The molecule has 0 rings (SSSR count). The molecule has 0 saturated carbocycles. The Balaban J connectivity index is 5.23. The minimum Gasteiger partial charge on any atom is -0.462 e. The van der Waals surface area contributed by atoms with E-state index in [0.717, 1.165) is 120 Å². The van der Waals surface area contributed by atoms with E-state index in [2.05, 4.69) is 55.4 Å². The van der Waals surface area contributed by atoms with Crippen LogP contribution in [-0.4, -0.2) is 96.7 Å². The van der Waals surface area contributed by atoms with Gasteiger partial charge in [0, 0.05) is 25.7 Å². The van der Waals surface area contributed by atoms with Gasteiger partial charge in [-0.1, -0.05) is 389 Å². The summed E-state index contributed by atoms with van der Waals surface area (Å²) in [6.45, 7) is 14.3. The van der Waals surface area contributed by atoms with Gasteiger partial charge >= 0.3 is 39.5 Å². The largest absolute Gasteiger partial charge is 0.472 e. The number of aliphatic hydroxyl groups is 1. The molecule has 0 aliphatic carbocycles. The molecule has 0 aliphatic heterocycles. The second-order valence-corrected chi connectivity index (χ2v) is 35.2. The predicted molar refractivity (Wildman–Crippen MR) is 428 cm³/mol. The van der Waals surface area contributed by atoms with Crippen molar-refractivity contribution in [1.29, 1.82) is 0 Å². The van der Waals surface area contributed by atoms with E-state index < -0.39 is 97.5 Å². The molecular formula is C85H166O17P2. The van der Waals surface area contributed by atoms with Crippen LogP contribution in [0.1, 0.15) is 441 Å². The van der Waals surface area contributed by atoms with Crippen LogP contribution >= 0.6 is 15.6 Å². The zero-order valence-electron chi connectivity index (χ0n) is 68.7. The van der Waals surface area contributed by atoms with Gasteiger partial charge in [-0.15, -0.1) is 0 Å². The average molecular weight is 1520 g/mol. The molecule has 0 aromatic rings. The fourth-order valence-corrected chi connectivity index (χ4v) is 14.7. The number of unbranched alkanes of at least 4 members (excludes halogenated alkanes) is 47. The van der Waals surface area contributed by atoms with Gasteiger partial charge in [-0.25, -0.2) is 9.13 Å². The summed E-state index contributed by atoms with van der Waals surface area (Å²) in [5.41, 5.74) is 0. The molecule has 6 atom stereocenters. The molecule has 19 heteroatoms. The first kappa shape index (κ1) is 102. The highest BCUT2D eigenvalue weighted by Crippen LogP contribution is 2.45. The highest BCUT2D eigenvalue weighted by atomic mass is 31.2. The number of carbonyl (C=O) groups excluding carboxylic acids is 4. The van der Waals surface area contributed by atoms with Crippen molar-refractivity contribution in [2.24, 2.45) is 23.7 Å². The normalized spacial score (nSPS) is 14.2. The molecule has 0 heterocycles. The van der Waals surface area contributed by atoms with Gasteiger partial charge < -0.3 is 33.8 Å². The lowest BCUT2D eigenvalue weighted by molar-refractivity contribution is -0.161. The summed E-state index contributed by atoms with van der Waals surface area (Å²) in [5, 5.41) is 10.7. The first-order chi connectivity index (χ1) is 50.1. The van der Waals surface area contributed by atoms with E-state index in [9.17, 15) is 43.2 Å². The fourth-order valence-electron chi connectivity index (χ4n) is 13.1. The van der Waals surface area contributed by atoms with E-state index in [4.69, 9.17) is 37.0 Å². The van der Waals surface area contributed by atoms with Crippen molar-refractivity contribution in [2.75, 3.05) is 39.6 Å². The highest BCUT2D eigenvalue weighted by Gasteiger charge is 2.30. The molecule has 618 valence electrons. The lowest BCUT2D eigenvalue weighted by atomic mass is 10.00. The van der Waals surface area contributed by atoms with Gasteiger partial charge in [0.15, 0.2) is 12.2 Å². The summed E-state index contributed by atoms with van der Waals surface area (Å²) in [4.78, 5) is 73.2. The number of carbonyl (C=O) groups is 4. The molecule has 17 nitrogen and oxygen atoms in total. The minimum absolute atomic E-state index is 0.107. The van der Waals surface area contributed by atoms with Crippen molar-refractivity contribution in [1.82, 2.24) is 0 Å². The van der Waals surface area contributed by atoms with Crippen LogP contribution in [0.5, 0.6) is 0 Å². The Bertz CT molecular complexity index is 2030. The quantitative estimate of drug-likeness (QED) is 0.0222. The predicted octanol–water partition coefficient (Wildman–Crippen LogP) is 25.6. The highest BCUT2D eigenvalue weighted by molar-refractivity contribution is 7.47. The first-order valence-corrected chi connectivity index (χ1v) is 46.7. The lowest BCUT2D eigenvalue weighted by Crippen LogP contribution is -2.30. The van der Waals surface area contributed by atoms with E-state index in [-0.39, 0.29) is 25.7 Å². The van der Waals surface area contributed by atoms with Gasteiger partial charge in [0.05, 0.1) is 26.4 Å². The fraction of sp³-hybridized carbons (Fsp3) is 0.953. The van der Waals surface area contributed by atoms with Gasteiger partial charge in [-0.2, -0.15) is 0 Å². The Hall–Kier alpha value is -1.94. The van der Waals surface area contributed by atoms with Crippen LogP contribution in [0.3, 0.4) is 0 Å². The second kappa shape index (κ2) is 73.8. The maximum atomic E-state index is 13.1. The molecule has 0 aromatic carbocycles. The summed E-state index contributed by atoms with van der Waals surface area (Å²) in [5.74, 6) is 1.03. The summed E-state index contributed by atoms with van der Waals surface area (Å²) in [6, 6.07) is 0. The van der Waals surface area contributed by atoms with Crippen LogP contribution in [0.15, 0.2) is 0 Å². The molecule has 104 heavy (non-hydrogen) atoms. The Morgan fingerprint density at radius 3 is 0.683 bits per heavy atom. The molecular weight excluding hydrogens is 1350 g/mol. The zero-order valence-corrected chi connectivity index (χ0v) is 70.5. The minimum atomic E-state index is -4.97. The molecule has 3 unspecified atom stereocenters. The number of phosphoric ester groups is 2. The molecule has 0 aromatic heterocycles.